The van der Waals surface area contributed by atoms with Crippen LogP contribution in [-0.4, -0.2) is 41.3 Å². The summed E-state index contributed by atoms with van der Waals surface area (Å²) in [5.74, 6) is -1.03. The zero-order valence-electron chi connectivity index (χ0n) is 14.7. The molecule has 0 aromatic carbocycles. The van der Waals surface area contributed by atoms with Crippen LogP contribution in [0.25, 0.3) is 0 Å². The molecule has 0 bridgehead atoms. The van der Waals surface area contributed by atoms with Gasteiger partial charge in [0.1, 0.15) is 23.3 Å². The third-order valence-corrected chi connectivity index (χ3v) is 2.25. The summed E-state index contributed by atoms with van der Waals surface area (Å²) < 4.78 is 10.2. The van der Waals surface area contributed by atoms with Crippen molar-refractivity contribution in [1.82, 2.24) is 10.6 Å². The third-order valence-electron chi connectivity index (χ3n) is 2.25. The molecule has 0 aliphatic heterocycles. The van der Waals surface area contributed by atoms with Crippen molar-refractivity contribution in [1.29, 1.82) is 0 Å². The van der Waals surface area contributed by atoms with E-state index in [1.54, 1.807) is 41.5 Å². The SMILES string of the molecule is C[C@@H](NC(=O)OC(C)(C)C)C(=O)N[C@H](C)C(=O)OC(C)(C)C. The van der Waals surface area contributed by atoms with E-state index in [4.69, 9.17) is 9.47 Å². The Morgan fingerprint density at radius 2 is 1.23 bits per heavy atom. The van der Waals surface area contributed by atoms with Gasteiger partial charge in [-0.25, -0.2) is 9.59 Å². The van der Waals surface area contributed by atoms with Crippen LogP contribution in [0.3, 0.4) is 0 Å². The summed E-state index contributed by atoms with van der Waals surface area (Å²) >= 11 is 0. The van der Waals surface area contributed by atoms with Crippen molar-refractivity contribution >= 4 is 18.0 Å². The Kier molecular flexibility index (Phi) is 6.86. The molecule has 0 unspecified atom stereocenters. The van der Waals surface area contributed by atoms with Gasteiger partial charge in [0.25, 0.3) is 0 Å². The Morgan fingerprint density at radius 3 is 1.64 bits per heavy atom. The molecule has 0 heterocycles. The highest BCUT2D eigenvalue weighted by atomic mass is 16.6. The Labute approximate surface area is 132 Å². The number of nitrogens with one attached hydrogen (secondary N) is 2. The van der Waals surface area contributed by atoms with Gasteiger partial charge in [0, 0.05) is 0 Å². The van der Waals surface area contributed by atoms with Gasteiger partial charge in [-0.15, -0.1) is 0 Å². The molecule has 0 aliphatic rings. The van der Waals surface area contributed by atoms with Crippen molar-refractivity contribution in [3.8, 4) is 0 Å². The van der Waals surface area contributed by atoms with E-state index < -0.39 is 41.3 Å². The van der Waals surface area contributed by atoms with Crippen molar-refractivity contribution in [3.05, 3.63) is 0 Å². The summed E-state index contributed by atoms with van der Waals surface area (Å²) in [6, 6.07) is -1.64. The average molecular weight is 316 g/mol. The van der Waals surface area contributed by atoms with Gasteiger partial charge in [0.05, 0.1) is 0 Å². The number of ether oxygens (including phenoxy) is 2. The highest BCUT2D eigenvalue weighted by Crippen LogP contribution is 2.09. The molecule has 0 saturated heterocycles. The average Bonchev–Trinajstić information content (AvgIpc) is 2.23. The zero-order chi connectivity index (χ0) is 17.7. The maximum atomic E-state index is 11.9. The molecule has 0 spiro atoms. The zero-order valence-corrected chi connectivity index (χ0v) is 14.7. The first-order chi connectivity index (χ1) is 9.71. The van der Waals surface area contributed by atoms with Crippen molar-refractivity contribution in [3.63, 3.8) is 0 Å². The van der Waals surface area contributed by atoms with Crippen LogP contribution in [0.2, 0.25) is 0 Å². The minimum atomic E-state index is -0.834. The lowest BCUT2D eigenvalue weighted by Gasteiger charge is -2.24. The summed E-state index contributed by atoms with van der Waals surface area (Å²) in [4.78, 5) is 35.3. The van der Waals surface area contributed by atoms with Crippen LogP contribution >= 0.6 is 0 Å². The first kappa shape index (κ1) is 20.2. The van der Waals surface area contributed by atoms with Crippen LogP contribution in [0.15, 0.2) is 0 Å². The largest absolute Gasteiger partial charge is 0.458 e. The standard InChI is InChI=1S/C15H28N2O5/c1-9(17-13(20)22-15(6,7)8)11(18)16-10(2)12(19)21-14(3,4)5/h9-10H,1-8H3,(H,16,18)(H,17,20)/t9-,10-/m1/s1. The summed E-state index contributed by atoms with van der Waals surface area (Å²) in [7, 11) is 0. The number of esters is 1. The van der Waals surface area contributed by atoms with Gasteiger partial charge in [-0.3, -0.25) is 4.79 Å². The Morgan fingerprint density at radius 1 is 0.773 bits per heavy atom. The van der Waals surface area contributed by atoms with E-state index in [1.165, 1.54) is 13.8 Å². The predicted molar refractivity (Wildman–Crippen MR) is 82.3 cm³/mol. The quantitative estimate of drug-likeness (QED) is 0.771. The third kappa shape index (κ3) is 9.20. The molecule has 0 rings (SSSR count). The second-order valence-corrected chi connectivity index (χ2v) is 7.13. The van der Waals surface area contributed by atoms with Crippen LogP contribution in [0.1, 0.15) is 55.4 Å². The fourth-order valence-electron chi connectivity index (χ4n) is 1.34. The van der Waals surface area contributed by atoms with Crippen molar-refractivity contribution in [2.75, 3.05) is 0 Å². The Bertz CT molecular complexity index is 421. The fourth-order valence-corrected chi connectivity index (χ4v) is 1.34. The Hall–Kier alpha value is -1.79. The monoisotopic (exact) mass is 316 g/mol. The van der Waals surface area contributed by atoms with E-state index in [-0.39, 0.29) is 0 Å². The minimum absolute atomic E-state index is 0.496. The lowest BCUT2D eigenvalue weighted by atomic mass is 10.2. The summed E-state index contributed by atoms with van der Waals surface area (Å²) in [5.41, 5.74) is -1.28. The first-order valence-corrected chi connectivity index (χ1v) is 7.24. The molecular weight excluding hydrogens is 288 g/mol. The summed E-state index contributed by atoms with van der Waals surface area (Å²) in [6.07, 6.45) is -0.694. The summed E-state index contributed by atoms with van der Waals surface area (Å²) in [5, 5.41) is 4.89. The summed E-state index contributed by atoms with van der Waals surface area (Å²) in [6.45, 7) is 13.4. The lowest BCUT2D eigenvalue weighted by Crippen LogP contribution is -2.51. The highest BCUT2D eigenvalue weighted by Gasteiger charge is 2.26. The first-order valence-electron chi connectivity index (χ1n) is 7.24. The van der Waals surface area contributed by atoms with Crippen LogP contribution in [0, 0.1) is 0 Å². The molecule has 7 heteroatoms. The van der Waals surface area contributed by atoms with Crippen LogP contribution in [-0.2, 0) is 19.1 Å². The van der Waals surface area contributed by atoms with Crippen LogP contribution in [0.4, 0.5) is 4.79 Å². The number of rotatable bonds is 4. The van der Waals surface area contributed by atoms with E-state index in [0.29, 0.717) is 0 Å². The maximum Gasteiger partial charge on any atom is 0.408 e. The molecule has 22 heavy (non-hydrogen) atoms. The number of hydrogen-bond donors (Lipinski definition) is 2. The normalized spacial score (nSPS) is 14.5. The van der Waals surface area contributed by atoms with E-state index in [2.05, 4.69) is 10.6 Å². The smallest absolute Gasteiger partial charge is 0.408 e. The molecule has 0 saturated carbocycles. The number of carbonyl (C=O) groups excluding carboxylic acids is 3. The molecule has 128 valence electrons. The maximum absolute atomic E-state index is 11.9. The predicted octanol–water partition coefficient (Wildman–Crippen LogP) is 1.75. The molecule has 2 atom stereocenters. The molecule has 2 N–H and O–H groups in total. The van der Waals surface area contributed by atoms with E-state index in [9.17, 15) is 14.4 Å². The number of alkyl carbamates (subject to hydrolysis) is 1. The molecule has 7 nitrogen and oxygen atoms in total. The number of carbonyl (C=O) groups is 3. The molecular formula is C15H28N2O5. The highest BCUT2D eigenvalue weighted by molar-refractivity contribution is 5.89. The molecule has 0 radical (unpaired) electrons. The molecule has 0 aromatic heterocycles. The molecule has 0 aromatic rings. The van der Waals surface area contributed by atoms with Crippen LogP contribution in [0.5, 0.6) is 0 Å². The molecule has 0 aliphatic carbocycles. The van der Waals surface area contributed by atoms with E-state index in [0.717, 1.165) is 0 Å². The van der Waals surface area contributed by atoms with Crippen molar-refractivity contribution < 1.29 is 23.9 Å². The molecule has 2 amide bonds. The van der Waals surface area contributed by atoms with Gasteiger partial charge in [-0.1, -0.05) is 0 Å². The van der Waals surface area contributed by atoms with Crippen molar-refractivity contribution in [2.24, 2.45) is 0 Å². The Balaban J connectivity index is 4.41. The van der Waals surface area contributed by atoms with Gasteiger partial charge in [0.15, 0.2) is 0 Å². The minimum Gasteiger partial charge on any atom is -0.458 e. The van der Waals surface area contributed by atoms with Crippen molar-refractivity contribution in [2.45, 2.75) is 78.7 Å². The van der Waals surface area contributed by atoms with Gasteiger partial charge < -0.3 is 20.1 Å². The van der Waals surface area contributed by atoms with Crippen LogP contribution < -0.4 is 10.6 Å². The van der Waals surface area contributed by atoms with E-state index in [1.807, 2.05) is 0 Å². The molecule has 0 fully saturated rings. The topological polar surface area (TPSA) is 93.7 Å². The lowest BCUT2D eigenvalue weighted by molar-refractivity contribution is -0.158. The number of hydrogen-bond acceptors (Lipinski definition) is 5. The van der Waals surface area contributed by atoms with Gasteiger partial charge in [-0.05, 0) is 55.4 Å². The fraction of sp³-hybridized carbons (Fsp3) is 0.800. The van der Waals surface area contributed by atoms with Gasteiger partial charge >= 0.3 is 12.1 Å². The number of amides is 2. The van der Waals surface area contributed by atoms with Gasteiger partial charge in [0.2, 0.25) is 5.91 Å². The van der Waals surface area contributed by atoms with E-state index >= 15 is 0 Å². The second-order valence-electron chi connectivity index (χ2n) is 7.13. The second kappa shape index (κ2) is 7.47. The van der Waals surface area contributed by atoms with Gasteiger partial charge in [-0.2, -0.15) is 0 Å².